The van der Waals surface area contributed by atoms with Crippen LogP contribution in [0.2, 0.25) is 0 Å². The topological polar surface area (TPSA) is 82.2 Å². The zero-order valence-electron chi connectivity index (χ0n) is 15.6. The van der Waals surface area contributed by atoms with Crippen molar-refractivity contribution in [3.05, 3.63) is 59.7 Å². The summed E-state index contributed by atoms with van der Waals surface area (Å²) in [7, 11) is 1.65. The molecule has 0 saturated carbocycles. The van der Waals surface area contributed by atoms with Crippen molar-refractivity contribution in [2.24, 2.45) is 5.41 Å². The number of nitrogens with one attached hydrogen (secondary N) is 1. The number of benzene rings is 1. The zero-order chi connectivity index (χ0) is 19.0. The van der Waals surface area contributed by atoms with Crippen LogP contribution in [0.15, 0.2) is 47.2 Å². The predicted octanol–water partition coefficient (Wildman–Crippen LogP) is 3.31. The number of amides is 1. The summed E-state index contributed by atoms with van der Waals surface area (Å²) in [5.74, 6) is 0.748. The Kier molecular flexibility index (Phi) is 4.22. The highest BCUT2D eigenvalue weighted by Crippen LogP contribution is 2.41. The van der Waals surface area contributed by atoms with Gasteiger partial charge in [-0.25, -0.2) is 4.68 Å². The number of nitrogens with zero attached hydrogens (tertiary/aromatic N) is 3. The first-order valence-corrected chi connectivity index (χ1v) is 8.90. The Morgan fingerprint density at radius 3 is 2.74 bits per heavy atom. The van der Waals surface area contributed by atoms with Crippen LogP contribution in [0, 0.1) is 5.41 Å². The van der Waals surface area contributed by atoms with Gasteiger partial charge in [0.1, 0.15) is 5.75 Å². The van der Waals surface area contributed by atoms with Gasteiger partial charge in [-0.2, -0.15) is 5.10 Å². The van der Waals surface area contributed by atoms with Gasteiger partial charge in [-0.15, -0.1) is 0 Å². The monoisotopic (exact) mass is 366 g/mol. The van der Waals surface area contributed by atoms with E-state index in [0.717, 1.165) is 35.5 Å². The van der Waals surface area contributed by atoms with Crippen molar-refractivity contribution in [3.63, 3.8) is 0 Å². The van der Waals surface area contributed by atoms with Crippen molar-refractivity contribution >= 4 is 5.91 Å². The van der Waals surface area contributed by atoms with Crippen LogP contribution in [0.25, 0.3) is 5.69 Å². The van der Waals surface area contributed by atoms with Crippen LogP contribution >= 0.6 is 0 Å². The smallest absolute Gasteiger partial charge is 0.290 e. The van der Waals surface area contributed by atoms with E-state index in [1.54, 1.807) is 13.2 Å². The van der Waals surface area contributed by atoms with E-state index in [4.69, 9.17) is 9.26 Å². The molecule has 0 bridgehead atoms. The highest BCUT2D eigenvalue weighted by molar-refractivity contribution is 5.91. The van der Waals surface area contributed by atoms with Crippen LogP contribution in [0.3, 0.4) is 0 Å². The third-order valence-electron chi connectivity index (χ3n) is 4.96. The predicted molar refractivity (Wildman–Crippen MR) is 98.9 cm³/mol. The molecule has 0 aliphatic heterocycles. The number of fused-ring (bicyclic) bond motifs is 1. The molecule has 1 amide bonds. The normalized spacial score (nSPS) is 18.0. The second kappa shape index (κ2) is 6.57. The highest BCUT2D eigenvalue weighted by atomic mass is 16.5. The van der Waals surface area contributed by atoms with Gasteiger partial charge in [0, 0.05) is 11.6 Å². The van der Waals surface area contributed by atoms with E-state index in [1.807, 2.05) is 35.1 Å². The molecule has 4 rings (SSSR count). The van der Waals surface area contributed by atoms with Gasteiger partial charge in [0.05, 0.1) is 36.9 Å². The van der Waals surface area contributed by atoms with Crippen molar-refractivity contribution in [3.8, 4) is 11.4 Å². The lowest BCUT2D eigenvalue weighted by atomic mass is 9.74. The van der Waals surface area contributed by atoms with E-state index < -0.39 is 0 Å². The maximum Gasteiger partial charge on any atom is 0.290 e. The van der Waals surface area contributed by atoms with Crippen LogP contribution in [0.1, 0.15) is 48.1 Å². The fraction of sp³-hybridized carbons (Fsp3) is 0.350. The molecule has 1 aliphatic carbocycles. The molecule has 0 fully saturated rings. The Hall–Kier alpha value is -3.09. The molecule has 1 N–H and O–H groups in total. The van der Waals surface area contributed by atoms with E-state index in [2.05, 4.69) is 29.4 Å². The quantitative estimate of drug-likeness (QED) is 0.766. The summed E-state index contributed by atoms with van der Waals surface area (Å²) in [6.45, 7) is 4.41. The Labute approximate surface area is 157 Å². The molecular weight excluding hydrogens is 344 g/mol. The summed E-state index contributed by atoms with van der Waals surface area (Å²) in [4.78, 5) is 12.5. The van der Waals surface area contributed by atoms with E-state index >= 15 is 0 Å². The minimum atomic E-state index is -0.265. The largest absolute Gasteiger partial charge is 0.497 e. The molecule has 140 valence electrons. The number of hydrogen-bond donors (Lipinski definition) is 1. The number of carbonyl (C=O) groups excluding carboxylic acids is 1. The number of aromatic nitrogens is 3. The molecule has 1 aromatic carbocycles. The number of methoxy groups -OCH3 is 1. The zero-order valence-corrected chi connectivity index (χ0v) is 15.6. The van der Waals surface area contributed by atoms with Gasteiger partial charge >= 0.3 is 0 Å². The van der Waals surface area contributed by atoms with Crippen molar-refractivity contribution < 1.29 is 14.1 Å². The minimum absolute atomic E-state index is 0.0244. The Morgan fingerprint density at radius 2 is 2.07 bits per heavy atom. The SMILES string of the molecule is COc1ccc(-n2ncc3c2CC(C)(C)C[C@H]3NC(=O)c2ccno2)cc1. The van der Waals surface area contributed by atoms with E-state index in [0.29, 0.717) is 0 Å². The van der Waals surface area contributed by atoms with E-state index in [1.165, 1.54) is 6.20 Å². The summed E-state index contributed by atoms with van der Waals surface area (Å²) in [5.41, 5.74) is 3.14. The molecular formula is C20H22N4O3. The molecule has 7 nitrogen and oxygen atoms in total. The second-order valence-corrected chi connectivity index (χ2v) is 7.60. The summed E-state index contributed by atoms with van der Waals surface area (Å²) >= 11 is 0. The molecule has 7 heteroatoms. The van der Waals surface area contributed by atoms with E-state index in [-0.39, 0.29) is 23.1 Å². The molecule has 0 saturated heterocycles. The average molecular weight is 366 g/mol. The van der Waals surface area contributed by atoms with Crippen LogP contribution < -0.4 is 10.1 Å². The maximum absolute atomic E-state index is 12.5. The van der Waals surface area contributed by atoms with Gasteiger partial charge in [0.2, 0.25) is 5.76 Å². The van der Waals surface area contributed by atoms with Gasteiger partial charge < -0.3 is 14.6 Å². The molecule has 2 heterocycles. The van der Waals surface area contributed by atoms with Gasteiger partial charge in [-0.3, -0.25) is 4.79 Å². The second-order valence-electron chi connectivity index (χ2n) is 7.60. The molecule has 2 aromatic heterocycles. The Morgan fingerprint density at radius 1 is 1.30 bits per heavy atom. The van der Waals surface area contributed by atoms with Crippen LogP contribution in [-0.2, 0) is 6.42 Å². The third kappa shape index (κ3) is 3.32. The van der Waals surface area contributed by atoms with Crippen molar-refractivity contribution in [2.75, 3.05) is 7.11 Å². The fourth-order valence-electron chi connectivity index (χ4n) is 3.68. The number of rotatable bonds is 4. The minimum Gasteiger partial charge on any atom is -0.497 e. The summed E-state index contributed by atoms with van der Waals surface area (Å²) in [5, 5.41) is 11.3. The van der Waals surface area contributed by atoms with Gasteiger partial charge in [0.15, 0.2) is 0 Å². The molecule has 3 aromatic rings. The molecule has 1 atom stereocenters. The summed E-state index contributed by atoms with van der Waals surface area (Å²) < 4.78 is 12.2. The van der Waals surface area contributed by atoms with Crippen LogP contribution in [0.4, 0.5) is 0 Å². The fourth-order valence-corrected chi connectivity index (χ4v) is 3.68. The molecule has 0 unspecified atom stereocenters. The summed E-state index contributed by atoms with van der Waals surface area (Å²) in [6.07, 6.45) is 5.02. The maximum atomic E-state index is 12.5. The number of hydrogen-bond acceptors (Lipinski definition) is 5. The van der Waals surface area contributed by atoms with Crippen molar-refractivity contribution in [2.45, 2.75) is 32.7 Å². The molecule has 27 heavy (non-hydrogen) atoms. The third-order valence-corrected chi connectivity index (χ3v) is 4.96. The van der Waals surface area contributed by atoms with Crippen molar-refractivity contribution in [1.29, 1.82) is 0 Å². The first-order chi connectivity index (χ1) is 13.0. The van der Waals surface area contributed by atoms with Crippen LogP contribution in [-0.4, -0.2) is 28.0 Å². The van der Waals surface area contributed by atoms with Crippen LogP contribution in [0.5, 0.6) is 5.75 Å². The molecule has 0 spiro atoms. The lowest BCUT2D eigenvalue weighted by Crippen LogP contribution is -2.36. The molecule has 1 aliphatic rings. The number of ether oxygens (including phenoxy) is 1. The average Bonchev–Trinajstić information content (AvgIpc) is 3.31. The highest BCUT2D eigenvalue weighted by Gasteiger charge is 2.36. The van der Waals surface area contributed by atoms with Gasteiger partial charge in [-0.05, 0) is 42.5 Å². The van der Waals surface area contributed by atoms with E-state index in [9.17, 15) is 4.79 Å². The summed E-state index contributed by atoms with van der Waals surface area (Å²) in [6, 6.07) is 9.23. The standard InChI is InChI=1S/C20H22N4O3/c1-20(2)10-16(23-19(25)18-8-9-22-27-18)15-12-21-24(17(15)11-20)13-4-6-14(26-3)7-5-13/h4-9,12,16H,10-11H2,1-3H3,(H,23,25)/t16-/m1/s1. The lowest BCUT2D eigenvalue weighted by molar-refractivity contribution is 0.0882. The van der Waals surface area contributed by atoms with Crippen molar-refractivity contribution in [1.82, 2.24) is 20.3 Å². The molecule has 0 radical (unpaired) electrons. The van der Waals surface area contributed by atoms with Gasteiger partial charge in [-0.1, -0.05) is 19.0 Å². The van der Waals surface area contributed by atoms with Gasteiger partial charge in [0.25, 0.3) is 5.91 Å². The Balaban J connectivity index is 1.67. The first-order valence-electron chi connectivity index (χ1n) is 8.90. The number of carbonyl (C=O) groups is 1. The first kappa shape index (κ1) is 17.3. The Bertz CT molecular complexity index is 942. The lowest BCUT2D eigenvalue weighted by Gasteiger charge is -2.35.